The minimum absolute atomic E-state index is 0.272. The van der Waals surface area contributed by atoms with E-state index >= 15 is 0 Å². The Hall–Kier alpha value is -2.09. The van der Waals surface area contributed by atoms with E-state index in [1.54, 1.807) is 0 Å². The van der Waals surface area contributed by atoms with E-state index in [4.69, 9.17) is 0 Å². The zero-order valence-corrected chi connectivity index (χ0v) is 10.4. The lowest BCUT2D eigenvalue weighted by atomic mass is 9.94. The predicted molar refractivity (Wildman–Crippen MR) is 74.8 cm³/mol. The van der Waals surface area contributed by atoms with Gasteiger partial charge in [0.2, 0.25) is 0 Å². The van der Waals surface area contributed by atoms with E-state index < -0.39 is 0 Å². The van der Waals surface area contributed by atoms with Crippen LogP contribution in [0, 0.1) is 6.92 Å². The SMILES string of the molecule is Cc1ccc(CC2NN=Cc3ccccc32)cc1. The maximum absolute atomic E-state index is 4.24. The Bertz CT molecular complexity index is 570. The van der Waals surface area contributed by atoms with Crippen LogP contribution in [-0.2, 0) is 6.42 Å². The van der Waals surface area contributed by atoms with E-state index in [1.807, 2.05) is 6.21 Å². The Kier molecular flexibility index (Phi) is 2.85. The van der Waals surface area contributed by atoms with Crippen molar-refractivity contribution in [3.05, 3.63) is 70.8 Å². The molecule has 1 atom stereocenters. The van der Waals surface area contributed by atoms with Gasteiger partial charge in [0, 0.05) is 0 Å². The fourth-order valence-corrected chi connectivity index (χ4v) is 2.33. The molecule has 0 saturated carbocycles. The van der Waals surface area contributed by atoms with Crippen LogP contribution in [0.1, 0.15) is 28.3 Å². The number of hydrogen-bond acceptors (Lipinski definition) is 2. The van der Waals surface area contributed by atoms with Gasteiger partial charge in [0.05, 0.1) is 12.3 Å². The molecule has 2 aromatic carbocycles. The molecule has 0 fully saturated rings. The number of aryl methyl sites for hydroxylation is 1. The molecule has 0 aliphatic carbocycles. The zero-order valence-electron chi connectivity index (χ0n) is 10.4. The van der Waals surface area contributed by atoms with E-state index in [0.29, 0.717) is 0 Å². The molecule has 1 aliphatic rings. The number of nitrogens with one attached hydrogen (secondary N) is 1. The van der Waals surface area contributed by atoms with Gasteiger partial charge in [0.1, 0.15) is 0 Å². The van der Waals surface area contributed by atoms with Crippen LogP contribution in [0.15, 0.2) is 53.6 Å². The molecule has 0 aromatic heterocycles. The molecule has 90 valence electrons. The number of nitrogens with zero attached hydrogens (tertiary/aromatic N) is 1. The second kappa shape index (κ2) is 4.65. The highest BCUT2D eigenvalue weighted by atomic mass is 15.3. The van der Waals surface area contributed by atoms with Crippen LogP contribution in [-0.4, -0.2) is 6.21 Å². The third-order valence-electron chi connectivity index (χ3n) is 3.37. The quantitative estimate of drug-likeness (QED) is 0.850. The summed E-state index contributed by atoms with van der Waals surface area (Å²) in [6.45, 7) is 2.11. The predicted octanol–water partition coefficient (Wildman–Crippen LogP) is 3.22. The summed E-state index contributed by atoms with van der Waals surface area (Å²) in [5.74, 6) is 0. The lowest BCUT2D eigenvalue weighted by Gasteiger charge is -2.22. The molecule has 0 radical (unpaired) electrons. The normalized spacial score (nSPS) is 17.1. The summed E-state index contributed by atoms with van der Waals surface area (Å²) in [5, 5.41) is 4.24. The molecular formula is C16H16N2. The van der Waals surface area contributed by atoms with Crippen molar-refractivity contribution in [2.45, 2.75) is 19.4 Å². The van der Waals surface area contributed by atoms with Crippen molar-refractivity contribution in [2.24, 2.45) is 5.10 Å². The minimum atomic E-state index is 0.272. The van der Waals surface area contributed by atoms with Crippen LogP contribution < -0.4 is 5.43 Å². The molecule has 1 heterocycles. The first kappa shape index (κ1) is 11.0. The highest BCUT2D eigenvalue weighted by Crippen LogP contribution is 2.23. The largest absolute Gasteiger partial charge is 0.302 e. The molecule has 3 rings (SSSR count). The lowest BCUT2D eigenvalue weighted by molar-refractivity contribution is 0.548. The number of rotatable bonds is 2. The van der Waals surface area contributed by atoms with E-state index in [0.717, 1.165) is 6.42 Å². The van der Waals surface area contributed by atoms with Crippen LogP contribution >= 0.6 is 0 Å². The smallest absolute Gasteiger partial charge is 0.0736 e. The number of hydrazone groups is 1. The van der Waals surface area contributed by atoms with Gasteiger partial charge in [-0.05, 0) is 30.0 Å². The van der Waals surface area contributed by atoms with Crippen LogP contribution in [0.25, 0.3) is 0 Å². The third-order valence-corrected chi connectivity index (χ3v) is 3.37. The van der Waals surface area contributed by atoms with Gasteiger partial charge in [0.15, 0.2) is 0 Å². The molecular weight excluding hydrogens is 220 g/mol. The fourth-order valence-electron chi connectivity index (χ4n) is 2.33. The second-order valence-corrected chi connectivity index (χ2v) is 4.76. The molecule has 1 aliphatic heterocycles. The molecule has 2 nitrogen and oxygen atoms in total. The first-order valence-electron chi connectivity index (χ1n) is 6.26. The van der Waals surface area contributed by atoms with Crippen molar-refractivity contribution in [1.82, 2.24) is 5.43 Å². The Morgan fingerprint density at radius 2 is 1.83 bits per heavy atom. The first-order chi connectivity index (χ1) is 8.83. The lowest BCUT2D eigenvalue weighted by Crippen LogP contribution is -2.23. The minimum Gasteiger partial charge on any atom is -0.302 e. The van der Waals surface area contributed by atoms with Crippen LogP contribution in [0.5, 0.6) is 0 Å². The number of fused-ring (bicyclic) bond motifs is 1. The van der Waals surface area contributed by atoms with Crippen molar-refractivity contribution in [3.8, 4) is 0 Å². The highest BCUT2D eigenvalue weighted by molar-refractivity contribution is 5.82. The van der Waals surface area contributed by atoms with Gasteiger partial charge in [-0.2, -0.15) is 5.10 Å². The Morgan fingerprint density at radius 3 is 2.67 bits per heavy atom. The van der Waals surface area contributed by atoms with Gasteiger partial charge in [0.25, 0.3) is 0 Å². The molecule has 0 amide bonds. The third kappa shape index (κ3) is 2.14. The second-order valence-electron chi connectivity index (χ2n) is 4.76. The summed E-state index contributed by atoms with van der Waals surface area (Å²) in [6, 6.07) is 17.4. The standard InChI is InChI=1S/C16H16N2/c1-12-6-8-13(9-7-12)10-16-15-5-3-2-4-14(15)11-17-18-16/h2-9,11,16,18H,10H2,1H3. The molecule has 2 heteroatoms. The zero-order chi connectivity index (χ0) is 12.4. The van der Waals surface area contributed by atoms with Gasteiger partial charge in [-0.15, -0.1) is 0 Å². The number of benzene rings is 2. The van der Waals surface area contributed by atoms with Crippen molar-refractivity contribution >= 4 is 6.21 Å². The van der Waals surface area contributed by atoms with Crippen molar-refractivity contribution in [2.75, 3.05) is 0 Å². The van der Waals surface area contributed by atoms with Crippen molar-refractivity contribution in [3.63, 3.8) is 0 Å². The Morgan fingerprint density at radius 1 is 1.06 bits per heavy atom. The Labute approximate surface area is 107 Å². The van der Waals surface area contributed by atoms with Crippen LogP contribution in [0.2, 0.25) is 0 Å². The molecule has 1 N–H and O–H groups in total. The summed E-state index contributed by atoms with van der Waals surface area (Å²) in [4.78, 5) is 0. The van der Waals surface area contributed by atoms with Gasteiger partial charge >= 0.3 is 0 Å². The fraction of sp³-hybridized carbons (Fsp3) is 0.188. The molecule has 0 saturated heterocycles. The topological polar surface area (TPSA) is 24.4 Å². The Balaban J connectivity index is 1.86. The maximum atomic E-state index is 4.24. The number of hydrogen-bond donors (Lipinski definition) is 1. The van der Waals surface area contributed by atoms with Crippen molar-refractivity contribution in [1.29, 1.82) is 0 Å². The molecule has 2 aromatic rings. The maximum Gasteiger partial charge on any atom is 0.0736 e. The van der Waals surface area contributed by atoms with Gasteiger partial charge < -0.3 is 5.43 Å². The molecule has 18 heavy (non-hydrogen) atoms. The van der Waals surface area contributed by atoms with Gasteiger partial charge in [-0.3, -0.25) is 0 Å². The van der Waals surface area contributed by atoms with Crippen LogP contribution in [0.4, 0.5) is 0 Å². The molecule has 0 spiro atoms. The van der Waals surface area contributed by atoms with E-state index in [-0.39, 0.29) is 6.04 Å². The summed E-state index contributed by atoms with van der Waals surface area (Å²) in [6.07, 6.45) is 2.86. The first-order valence-corrected chi connectivity index (χ1v) is 6.26. The van der Waals surface area contributed by atoms with Crippen molar-refractivity contribution < 1.29 is 0 Å². The van der Waals surface area contributed by atoms with E-state index in [1.165, 1.54) is 22.3 Å². The van der Waals surface area contributed by atoms with E-state index in [9.17, 15) is 0 Å². The summed E-state index contributed by atoms with van der Waals surface area (Å²) in [5.41, 5.74) is 8.39. The monoisotopic (exact) mass is 236 g/mol. The summed E-state index contributed by atoms with van der Waals surface area (Å²) >= 11 is 0. The average molecular weight is 236 g/mol. The average Bonchev–Trinajstić information content (AvgIpc) is 2.42. The van der Waals surface area contributed by atoms with Gasteiger partial charge in [-0.1, -0.05) is 54.1 Å². The molecule has 1 unspecified atom stereocenters. The van der Waals surface area contributed by atoms with Crippen LogP contribution in [0.3, 0.4) is 0 Å². The van der Waals surface area contributed by atoms with Gasteiger partial charge in [-0.25, -0.2) is 0 Å². The summed E-state index contributed by atoms with van der Waals surface area (Å²) in [7, 11) is 0. The van der Waals surface area contributed by atoms with E-state index in [2.05, 4.69) is 66.0 Å². The highest BCUT2D eigenvalue weighted by Gasteiger charge is 2.17. The molecule has 0 bridgehead atoms. The summed E-state index contributed by atoms with van der Waals surface area (Å²) < 4.78 is 0.